The first kappa shape index (κ1) is 11.2. The van der Waals surface area contributed by atoms with Crippen molar-refractivity contribution in [2.75, 3.05) is 6.54 Å². The van der Waals surface area contributed by atoms with Crippen molar-refractivity contribution in [2.24, 2.45) is 0 Å². The van der Waals surface area contributed by atoms with E-state index in [1.54, 1.807) is 0 Å². The number of rotatable bonds is 5. The third-order valence-corrected chi connectivity index (χ3v) is 2.46. The van der Waals surface area contributed by atoms with Crippen LogP contribution >= 0.6 is 0 Å². The van der Waals surface area contributed by atoms with Crippen LogP contribution in [0.5, 0.6) is 0 Å². The van der Waals surface area contributed by atoms with Crippen molar-refractivity contribution in [1.82, 2.24) is 15.5 Å². The fourth-order valence-electron chi connectivity index (χ4n) is 0.982. The van der Waals surface area contributed by atoms with Crippen LogP contribution in [-0.4, -0.2) is 16.7 Å². The van der Waals surface area contributed by atoms with E-state index in [2.05, 4.69) is 36.3 Å². The van der Waals surface area contributed by atoms with Gasteiger partial charge in [-0.15, -0.1) is 10.2 Å². The van der Waals surface area contributed by atoms with Gasteiger partial charge < -0.3 is 9.73 Å². The van der Waals surface area contributed by atoms with Gasteiger partial charge in [0.2, 0.25) is 11.8 Å². The van der Waals surface area contributed by atoms with Crippen LogP contribution in [0.2, 0.25) is 0 Å². The maximum absolute atomic E-state index is 5.56. The second-order valence-electron chi connectivity index (χ2n) is 4.02. The highest BCUT2D eigenvalue weighted by atomic mass is 16.4. The Morgan fingerprint density at radius 2 is 2.00 bits per heavy atom. The first-order valence-electron chi connectivity index (χ1n) is 5.13. The topological polar surface area (TPSA) is 51.0 Å². The van der Waals surface area contributed by atoms with E-state index >= 15 is 0 Å². The van der Waals surface area contributed by atoms with Crippen molar-refractivity contribution >= 4 is 0 Å². The van der Waals surface area contributed by atoms with E-state index in [0.717, 1.165) is 18.9 Å². The maximum Gasteiger partial charge on any atom is 0.230 e. The lowest BCUT2D eigenvalue weighted by Crippen LogP contribution is -2.15. The molecule has 1 rings (SSSR count). The van der Waals surface area contributed by atoms with E-state index in [0.29, 0.717) is 12.4 Å². The molecule has 80 valence electrons. The molecule has 1 aromatic rings. The van der Waals surface area contributed by atoms with E-state index in [9.17, 15) is 0 Å². The van der Waals surface area contributed by atoms with Crippen molar-refractivity contribution < 1.29 is 4.42 Å². The number of hydrogen-bond acceptors (Lipinski definition) is 4. The molecule has 4 heteroatoms. The summed E-state index contributed by atoms with van der Waals surface area (Å²) in [6.45, 7) is 9.95. The van der Waals surface area contributed by atoms with E-state index in [4.69, 9.17) is 4.42 Å². The molecule has 0 fully saturated rings. The Kier molecular flexibility index (Phi) is 3.63. The molecule has 0 unspecified atom stereocenters. The number of aromatic nitrogens is 2. The molecule has 0 aliphatic carbocycles. The Balaban J connectivity index is 2.67. The van der Waals surface area contributed by atoms with Crippen LogP contribution in [0.15, 0.2) is 4.42 Å². The molecule has 0 aliphatic heterocycles. The van der Waals surface area contributed by atoms with Gasteiger partial charge in [-0.2, -0.15) is 0 Å². The van der Waals surface area contributed by atoms with E-state index in [1.165, 1.54) is 0 Å². The summed E-state index contributed by atoms with van der Waals surface area (Å²) in [6.07, 6.45) is 0.996. The van der Waals surface area contributed by atoms with E-state index < -0.39 is 0 Å². The standard InChI is InChI=1S/C10H19N3O/c1-5-10(3,4)9-13-12-8(14-9)7-11-6-2/h11H,5-7H2,1-4H3. The quantitative estimate of drug-likeness (QED) is 0.783. The lowest BCUT2D eigenvalue weighted by Gasteiger charge is -2.16. The van der Waals surface area contributed by atoms with E-state index in [-0.39, 0.29) is 5.41 Å². The molecule has 0 bridgehead atoms. The second-order valence-corrected chi connectivity index (χ2v) is 4.02. The number of hydrogen-bond donors (Lipinski definition) is 1. The minimum absolute atomic E-state index is 0.0164. The zero-order valence-corrected chi connectivity index (χ0v) is 9.42. The summed E-state index contributed by atoms with van der Waals surface area (Å²) in [5.41, 5.74) is -0.0164. The van der Waals surface area contributed by atoms with Crippen LogP contribution in [0.25, 0.3) is 0 Å². The molecule has 14 heavy (non-hydrogen) atoms. The Hall–Kier alpha value is -0.900. The predicted molar refractivity (Wildman–Crippen MR) is 55.0 cm³/mol. The molecule has 0 saturated carbocycles. The van der Waals surface area contributed by atoms with Gasteiger partial charge in [0, 0.05) is 5.41 Å². The summed E-state index contributed by atoms with van der Waals surface area (Å²) in [7, 11) is 0. The summed E-state index contributed by atoms with van der Waals surface area (Å²) in [5.74, 6) is 1.40. The van der Waals surface area contributed by atoms with Crippen LogP contribution in [0.3, 0.4) is 0 Å². The average Bonchev–Trinajstić information content (AvgIpc) is 2.63. The van der Waals surface area contributed by atoms with Crippen molar-refractivity contribution in [3.8, 4) is 0 Å². The highest BCUT2D eigenvalue weighted by Gasteiger charge is 2.24. The molecule has 0 spiro atoms. The molecule has 0 aliphatic rings. The van der Waals surface area contributed by atoms with Crippen LogP contribution in [0.4, 0.5) is 0 Å². The highest BCUT2D eigenvalue weighted by molar-refractivity contribution is 4.98. The minimum Gasteiger partial charge on any atom is -0.423 e. The molecule has 0 aromatic carbocycles. The van der Waals surface area contributed by atoms with Crippen LogP contribution in [0, 0.1) is 0 Å². The fourth-order valence-corrected chi connectivity index (χ4v) is 0.982. The Morgan fingerprint density at radius 1 is 1.29 bits per heavy atom. The van der Waals surface area contributed by atoms with Crippen LogP contribution < -0.4 is 5.32 Å². The summed E-state index contributed by atoms with van der Waals surface area (Å²) < 4.78 is 5.56. The first-order valence-corrected chi connectivity index (χ1v) is 5.13. The van der Waals surface area contributed by atoms with E-state index in [1.807, 2.05) is 6.92 Å². The minimum atomic E-state index is -0.0164. The van der Waals surface area contributed by atoms with Crippen LogP contribution in [0.1, 0.15) is 45.9 Å². The first-order chi connectivity index (χ1) is 6.60. The van der Waals surface area contributed by atoms with Crippen LogP contribution in [-0.2, 0) is 12.0 Å². The third kappa shape index (κ3) is 2.54. The summed E-state index contributed by atoms with van der Waals surface area (Å²) in [5, 5.41) is 11.2. The predicted octanol–water partition coefficient (Wildman–Crippen LogP) is 1.87. The van der Waals surface area contributed by atoms with Gasteiger partial charge in [0.1, 0.15) is 0 Å². The smallest absolute Gasteiger partial charge is 0.230 e. The zero-order valence-electron chi connectivity index (χ0n) is 9.42. The van der Waals surface area contributed by atoms with Crippen molar-refractivity contribution in [1.29, 1.82) is 0 Å². The normalized spacial score (nSPS) is 12.0. The van der Waals surface area contributed by atoms with Gasteiger partial charge in [-0.1, -0.05) is 27.7 Å². The molecule has 4 nitrogen and oxygen atoms in total. The van der Waals surface area contributed by atoms with Crippen molar-refractivity contribution in [3.05, 3.63) is 11.8 Å². The molecule has 0 atom stereocenters. The highest BCUT2D eigenvalue weighted by Crippen LogP contribution is 2.24. The number of nitrogens with one attached hydrogen (secondary N) is 1. The monoisotopic (exact) mass is 197 g/mol. The summed E-state index contributed by atoms with van der Waals surface area (Å²) in [6, 6.07) is 0. The average molecular weight is 197 g/mol. The zero-order chi connectivity index (χ0) is 10.6. The molecule has 1 N–H and O–H groups in total. The SMILES string of the molecule is CCNCc1nnc(C(C)(C)CC)o1. The Morgan fingerprint density at radius 3 is 2.57 bits per heavy atom. The van der Waals surface area contributed by atoms with Gasteiger partial charge in [-0.05, 0) is 13.0 Å². The molecule has 1 heterocycles. The lowest BCUT2D eigenvalue weighted by molar-refractivity contribution is 0.340. The second kappa shape index (κ2) is 4.55. The fraction of sp³-hybridized carbons (Fsp3) is 0.800. The molecule has 1 aromatic heterocycles. The van der Waals surface area contributed by atoms with Gasteiger partial charge in [-0.3, -0.25) is 0 Å². The largest absolute Gasteiger partial charge is 0.423 e. The summed E-state index contributed by atoms with van der Waals surface area (Å²) >= 11 is 0. The van der Waals surface area contributed by atoms with Crippen molar-refractivity contribution in [3.63, 3.8) is 0 Å². The molecule has 0 amide bonds. The third-order valence-electron chi connectivity index (χ3n) is 2.46. The van der Waals surface area contributed by atoms with Gasteiger partial charge in [0.15, 0.2) is 0 Å². The van der Waals surface area contributed by atoms with Gasteiger partial charge in [0.25, 0.3) is 0 Å². The van der Waals surface area contributed by atoms with Gasteiger partial charge in [-0.25, -0.2) is 0 Å². The van der Waals surface area contributed by atoms with Crippen molar-refractivity contribution in [2.45, 2.75) is 46.1 Å². The molecular formula is C10H19N3O. The van der Waals surface area contributed by atoms with Gasteiger partial charge in [0.05, 0.1) is 6.54 Å². The molecule has 0 radical (unpaired) electrons. The maximum atomic E-state index is 5.56. The molecule has 0 saturated heterocycles. The Bertz CT molecular complexity index is 281. The number of nitrogens with zero attached hydrogens (tertiary/aromatic N) is 2. The summed E-state index contributed by atoms with van der Waals surface area (Å²) in [4.78, 5) is 0. The lowest BCUT2D eigenvalue weighted by atomic mass is 9.90. The van der Waals surface area contributed by atoms with Gasteiger partial charge >= 0.3 is 0 Å². The Labute approximate surface area is 85.1 Å². The molecular weight excluding hydrogens is 178 g/mol.